The number of benzene rings is 2. The zero-order valence-corrected chi connectivity index (χ0v) is 16.3. The summed E-state index contributed by atoms with van der Waals surface area (Å²) < 4.78 is 15.6. The van der Waals surface area contributed by atoms with E-state index in [0.29, 0.717) is 0 Å². The van der Waals surface area contributed by atoms with Crippen molar-refractivity contribution in [3.8, 4) is 11.5 Å². The molecule has 0 fully saturated rings. The predicted molar refractivity (Wildman–Crippen MR) is 104 cm³/mol. The van der Waals surface area contributed by atoms with Crippen molar-refractivity contribution < 1.29 is 28.7 Å². The van der Waals surface area contributed by atoms with Gasteiger partial charge in [-0.15, -0.1) is 0 Å². The largest absolute Gasteiger partial charge is 0.493 e. The summed E-state index contributed by atoms with van der Waals surface area (Å²) in [5, 5.41) is 14.0. The van der Waals surface area contributed by atoms with Gasteiger partial charge in [-0.2, -0.15) is 0 Å². The highest BCUT2D eigenvalue weighted by Gasteiger charge is 2.28. The maximum atomic E-state index is 12.5. The van der Waals surface area contributed by atoms with Gasteiger partial charge in [0.05, 0.1) is 24.7 Å². The van der Waals surface area contributed by atoms with Crippen LogP contribution in [-0.4, -0.2) is 36.6 Å². The highest BCUT2D eigenvalue weighted by atomic mass is 16.6. The van der Waals surface area contributed by atoms with Crippen LogP contribution in [0.15, 0.2) is 42.5 Å². The lowest BCUT2D eigenvalue weighted by atomic mass is 10.1. The number of methoxy groups -OCH3 is 1. The van der Waals surface area contributed by atoms with Crippen LogP contribution in [0.4, 0.5) is 5.69 Å². The summed E-state index contributed by atoms with van der Waals surface area (Å²) in [6.07, 6.45) is -1.15. The second-order valence-corrected chi connectivity index (χ2v) is 5.96. The lowest BCUT2D eigenvalue weighted by molar-refractivity contribution is -0.385. The van der Waals surface area contributed by atoms with Gasteiger partial charge >= 0.3 is 5.97 Å². The van der Waals surface area contributed by atoms with Crippen LogP contribution in [0.2, 0.25) is 0 Å². The van der Waals surface area contributed by atoms with Crippen LogP contribution in [0.3, 0.4) is 0 Å². The van der Waals surface area contributed by atoms with Crippen molar-refractivity contribution in [3.63, 3.8) is 0 Å². The summed E-state index contributed by atoms with van der Waals surface area (Å²) in [7, 11) is 1.35. The molecule has 154 valence electrons. The molecule has 0 aliphatic rings. The van der Waals surface area contributed by atoms with Crippen LogP contribution in [0.5, 0.6) is 11.5 Å². The molecule has 2 aromatic carbocycles. The molecule has 0 aliphatic carbocycles. The smallest absolute Gasteiger partial charge is 0.346 e. The quantitative estimate of drug-likeness (QED) is 0.389. The van der Waals surface area contributed by atoms with E-state index in [0.717, 1.165) is 11.6 Å². The van der Waals surface area contributed by atoms with E-state index in [2.05, 4.69) is 5.32 Å². The molecule has 0 saturated heterocycles. The van der Waals surface area contributed by atoms with Gasteiger partial charge in [-0.25, -0.2) is 4.79 Å². The van der Waals surface area contributed by atoms with Gasteiger partial charge in [0, 0.05) is 12.6 Å². The molecule has 0 bridgehead atoms. The molecule has 1 N–H and O–H groups in total. The Kier molecular flexibility index (Phi) is 7.53. The molecule has 9 heteroatoms. The number of rotatable bonds is 9. The van der Waals surface area contributed by atoms with Gasteiger partial charge in [0.1, 0.15) is 5.56 Å². The molecule has 0 unspecified atom stereocenters. The fourth-order valence-electron chi connectivity index (χ4n) is 2.50. The molecular formula is C20H22N2O7. The first-order valence-electron chi connectivity index (χ1n) is 8.89. The van der Waals surface area contributed by atoms with Crippen molar-refractivity contribution in [2.75, 3.05) is 13.7 Å². The fourth-order valence-corrected chi connectivity index (χ4v) is 2.50. The molecule has 0 spiro atoms. The zero-order chi connectivity index (χ0) is 21.4. The Morgan fingerprint density at radius 3 is 2.45 bits per heavy atom. The summed E-state index contributed by atoms with van der Waals surface area (Å²) >= 11 is 0. The highest BCUT2D eigenvalue weighted by molar-refractivity contribution is 5.96. The second-order valence-electron chi connectivity index (χ2n) is 5.96. The summed E-state index contributed by atoms with van der Waals surface area (Å²) in [4.78, 5) is 35.4. The SMILES string of the molecule is CCOc1cc([N+](=O)[O-])c(C(=O)O[C@@H](C)C(=O)NCc2ccccc2)cc1OC. The van der Waals surface area contributed by atoms with E-state index in [9.17, 15) is 19.7 Å². The lowest BCUT2D eigenvalue weighted by Gasteiger charge is -2.15. The van der Waals surface area contributed by atoms with E-state index in [4.69, 9.17) is 14.2 Å². The average Bonchev–Trinajstić information content (AvgIpc) is 2.72. The van der Waals surface area contributed by atoms with E-state index in [-0.39, 0.29) is 30.2 Å². The molecule has 0 heterocycles. The Morgan fingerprint density at radius 1 is 1.17 bits per heavy atom. The number of ether oxygens (including phenoxy) is 3. The van der Waals surface area contributed by atoms with Crippen LogP contribution >= 0.6 is 0 Å². The zero-order valence-electron chi connectivity index (χ0n) is 16.3. The van der Waals surface area contributed by atoms with E-state index >= 15 is 0 Å². The molecule has 29 heavy (non-hydrogen) atoms. The van der Waals surface area contributed by atoms with E-state index in [1.807, 2.05) is 30.3 Å². The standard InChI is InChI=1S/C20H22N2O7/c1-4-28-18-11-16(22(25)26)15(10-17(18)27-3)20(24)29-13(2)19(23)21-12-14-8-6-5-7-9-14/h5-11,13H,4,12H2,1-3H3,(H,21,23)/t13-/m0/s1. The minimum Gasteiger partial charge on any atom is -0.493 e. The molecule has 9 nitrogen and oxygen atoms in total. The predicted octanol–water partition coefficient (Wildman–Crippen LogP) is 2.86. The Morgan fingerprint density at radius 2 is 1.86 bits per heavy atom. The summed E-state index contributed by atoms with van der Waals surface area (Å²) in [6.45, 7) is 3.62. The number of nitro groups is 1. The van der Waals surface area contributed by atoms with Gasteiger partial charge in [0.15, 0.2) is 17.6 Å². The van der Waals surface area contributed by atoms with Crippen molar-refractivity contribution >= 4 is 17.6 Å². The molecule has 1 atom stereocenters. The molecular weight excluding hydrogens is 380 g/mol. The van der Waals surface area contributed by atoms with E-state index in [1.165, 1.54) is 20.1 Å². The third-order valence-electron chi connectivity index (χ3n) is 3.96. The van der Waals surface area contributed by atoms with Gasteiger partial charge in [-0.1, -0.05) is 30.3 Å². The summed E-state index contributed by atoms with van der Waals surface area (Å²) in [5.41, 5.74) is 0.0421. The molecule has 1 amide bonds. The average molecular weight is 402 g/mol. The van der Waals surface area contributed by atoms with E-state index in [1.54, 1.807) is 6.92 Å². The van der Waals surface area contributed by atoms with Crippen molar-refractivity contribution in [2.24, 2.45) is 0 Å². The summed E-state index contributed by atoms with van der Waals surface area (Å²) in [6, 6.07) is 11.5. The van der Waals surface area contributed by atoms with Crippen LogP contribution < -0.4 is 14.8 Å². The van der Waals surface area contributed by atoms with Crippen LogP contribution in [0.25, 0.3) is 0 Å². The lowest BCUT2D eigenvalue weighted by Crippen LogP contribution is -2.35. The fraction of sp³-hybridized carbons (Fsp3) is 0.300. The van der Waals surface area contributed by atoms with Crippen molar-refractivity contribution in [1.82, 2.24) is 5.32 Å². The normalized spacial score (nSPS) is 11.3. The first-order valence-corrected chi connectivity index (χ1v) is 8.89. The maximum absolute atomic E-state index is 12.5. The van der Waals surface area contributed by atoms with Gasteiger partial charge in [-0.3, -0.25) is 14.9 Å². The number of carbonyl (C=O) groups excluding carboxylic acids is 2. The highest BCUT2D eigenvalue weighted by Crippen LogP contribution is 2.35. The number of hydrogen-bond donors (Lipinski definition) is 1. The number of esters is 1. The van der Waals surface area contributed by atoms with Gasteiger partial charge in [-0.05, 0) is 19.4 Å². The second kappa shape index (κ2) is 10.1. The molecule has 0 saturated carbocycles. The molecule has 0 aliphatic heterocycles. The minimum atomic E-state index is -1.15. The number of carbonyl (C=O) groups is 2. The van der Waals surface area contributed by atoms with Gasteiger partial charge in [0.2, 0.25) is 0 Å². The maximum Gasteiger partial charge on any atom is 0.346 e. The number of hydrogen-bond acceptors (Lipinski definition) is 7. The monoisotopic (exact) mass is 402 g/mol. The third-order valence-corrected chi connectivity index (χ3v) is 3.96. The summed E-state index contributed by atoms with van der Waals surface area (Å²) in [5.74, 6) is -1.26. The first kappa shape index (κ1) is 21.7. The van der Waals surface area contributed by atoms with Crippen molar-refractivity contribution in [2.45, 2.75) is 26.5 Å². The minimum absolute atomic E-state index is 0.131. The van der Waals surface area contributed by atoms with Crippen LogP contribution in [-0.2, 0) is 16.1 Å². The first-order chi connectivity index (χ1) is 13.9. The van der Waals surface area contributed by atoms with Crippen LogP contribution in [0.1, 0.15) is 29.8 Å². The topological polar surface area (TPSA) is 117 Å². The Labute approximate surface area is 167 Å². The van der Waals surface area contributed by atoms with E-state index < -0.39 is 28.6 Å². The Bertz CT molecular complexity index is 884. The molecule has 2 aromatic rings. The number of nitrogens with one attached hydrogen (secondary N) is 1. The molecule has 0 aromatic heterocycles. The number of nitrogens with zero attached hydrogens (tertiary/aromatic N) is 1. The number of amides is 1. The Hall–Kier alpha value is -3.62. The van der Waals surface area contributed by atoms with Crippen molar-refractivity contribution in [1.29, 1.82) is 0 Å². The van der Waals surface area contributed by atoms with Gasteiger partial charge < -0.3 is 19.5 Å². The number of nitro benzene ring substituents is 1. The van der Waals surface area contributed by atoms with Crippen molar-refractivity contribution in [3.05, 3.63) is 63.7 Å². The molecule has 2 rings (SSSR count). The van der Waals surface area contributed by atoms with Gasteiger partial charge in [0.25, 0.3) is 11.6 Å². The third kappa shape index (κ3) is 5.68. The Balaban J connectivity index is 2.13. The van der Waals surface area contributed by atoms with Crippen LogP contribution in [0, 0.1) is 10.1 Å². The molecule has 0 radical (unpaired) electrons.